The lowest BCUT2D eigenvalue weighted by atomic mass is 9.90. The second-order valence-corrected chi connectivity index (χ2v) is 5.15. The Labute approximate surface area is 115 Å². The zero-order valence-corrected chi connectivity index (χ0v) is 11.0. The lowest BCUT2D eigenvalue weighted by Crippen LogP contribution is -2.43. The van der Waals surface area contributed by atoms with Gasteiger partial charge in [-0.1, -0.05) is 13.0 Å². The minimum atomic E-state index is -0.958. The largest absolute Gasteiger partial charge is 0.481 e. The fourth-order valence-electron chi connectivity index (χ4n) is 2.68. The van der Waals surface area contributed by atoms with Crippen LogP contribution in [0.3, 0.4) is 0 Å². The van der Waals surface area contributed by atoms with E-state index < -0.39 is 22.6 Å². The molecule has 1 aliphatic rings. The standard InChI is InChI=1S/C13H15FN2O4/c1-8-5-9(13(17)18)7-15(6-8)12-10(14)3-2-4-11(12)16(19)20/h2-4,8-9H,5-7H2,1H3,(H,17,18). The number of aliphatic carboxylic acids is 1. The molecule has 2 atom stereocenters. The number of carbonyl (C=O) groups is 1. The first kappa shape index (κ1) is 14.2. The zero-order valence-electron chi connectivity index (χ0n) is 11.0. The number of hydrogen-bond donors (Lipinski definition) is 1. The van der Waals surface area contributed by atoms with E-state index in [9.17, 15) is 19.3 Å². The molecule has 0 radical (unpaired) electrons. The van der Waals surface area contributed by atoms with Crippen LogP contribution in [-0.4, -0.2) is 29.1 Å². The topological polar surface area (TPSA) is 83.7 Å². The Morgan fingerprint density at radius 1 is 1.50 bits per heavy atom. The second-order valence-electron chi connectivity index (χ2n) is 5.15. The zero-order chi connectivity index (χ0) is 14.9. The molecule has 1 N–H and O–H groups in total. The van der Waals surface area contributed by atoms with Gasteiger partial charge in [-0.15, -0.1) is 0 Å². The molecule has 1 aliphatic heterocycles. The first-order valence-electron chi connectivity index (χ1n) is 6.30. The van der Waals surface area contributed by atoms with Gasteiger partial charge in [0.15, 0.2) is 11.5 Å². The summed E-state index contributed by atoms with van der Waals surface area (Å²) in [5.74, 6) is -2.26. The van der Waals surface area contributed by atoms with Crippen molar-refractivity contribution in [3.05, 3.63) is 34.1 Å². The molecule has 2 unspecified atom stereocenters. The molecule has 0 aliphatic carbocycles. The number of benzene rings is 1. The summed E-state index contributed by atoms with van der Waals surface area (Å²) in [7, 11) is 0. The van der Waals surface area contributed by atoms with Crippen molar-refractivity contribution in [2.24, 2.45) is 11.8 Å². The molecule has 0 bridgehead atoms. The van der Waals surface area contributed by atoms with Crippen LogP contribution in [-0.2, 0) is 4.79 Å². The van der Waals surface area contributed by atoms with Gasteiger partial charge in [0.2, 0.25) is 0 Å². The molecule has 2 rings (SSSR count). The first-order chi connectivity index (χ1) is 9.40. The predicted molar refractivity (Wildman–Crippen MR) is 70.2 cm³/mol. The normalized spacial score (nSPS) is 22.6. The smallest absolute Gasteiger partial charge is 0.308 e. The lowest BCUT2D eigenvalue weighted by Gasteiger charge is -2.35. The van der Waals surface area contributed by atoms with Gasteiger partial charge >= 0.3 is 5.97 Å². The van der Waals surface area contributed by atoms with Crippen molar-refractivity contribution in [2.75, 3.05) is 18.0 Å². The predicted octanol–water partition coefficient (Wildman–Crippen LogP) is 2.28. The summed E-state index contributed by atoms with van der Waals surface area (Å²) in [6.07, 6.45) is 0.494. The van der Waals surface area contributed by atoms with Gasteiger partial charge in [-0.3, -0.25) is 14.9 Å². The van der Waals surface area contributed by atoms with Gasteiger partial charge in [0.1, 0.15) is 0 Å². The molecule has 20 heavy (non-hydrogen) atoms. The van der Waals surface area contributed by atoms with Gasteiger partial charge in [0.05, 0.1) is 10.8 Å². The SMILES string of the molecule is CC1CC(C(=O)O)CN(c2c(F)cccc2[N+](=O)[O-])C1. The van der Waals surface area contributed by atoms with Gasteiger partial charge in [-0.2, -0.15) is 0 Å². The van der Waals surface area contributed by atoms with E-state index in [1.54, 1.807) is 0 Å². The van der Waals surface area contributed by atoms with E-state index in [1.165, 1.54) is 17.0 Å². The Bertz CT molecular complexity index is 549. The van der Waals surface area contributed by atoms with Crippen molar-refractivity contribution in [2.45, 2.75) is 13.3 Å². The molecule has 0 spiro atoms. The summed E-state index contributed by atoms with van der Waals surface area (Å²) < 4.78 is 14.0. The summed E-state index contributed by atoms with van der Waals surface area (Å²) in [6, 6.07) is 3.66. The van der Waals surface area contributed by atoms with Crippen molar-refractivity contribution in [1.82, 2.24) is 0 Å². The molecule has 0 saturated carbocycles. The number of anilines is 1. The summed E-state index contributed by atoms with van der Waals surface area (Å²) in [4.78, 5) is 23.0. The van der Waals surface area contributed by atoms with Crippen LogP contribution < -0.4 is 4.90 Å². The van der Waals surface area contributed by atoms with Gasteiger partial charge < -0.3 is 10.0 Å². The highest BCUT2D eigenvalue weighted by Crippen LogP contribution is 2.35. The van der Waals surface area contributed by atoms with Crippen molar-refractivity contribution < 1.29 is 19.2 Å². The van der Waals surface area contributed by atoms with Crippen LogP contribution in [0.4, 0.5) is 15.8 Å². The number of rotatable bonds is 3. The summed E-state index contributed by atoms with van der Waals surface area (Å²) in [5, 5.41) is 20.1. The van der Waals surface area contributed by atoms with Gasteiger partial charge in [-0.05, 0) is 18.4 Å². The summed E-state index contributed by atoms with van der Waals surface area (Å²) in [5.41, 5.74) is -0.446. The number of para-hydroxylation sites is 1. The highest BCUT2D eigenvalue weighted by atomic mass is 19.1. The molecule has 108 valence electrons. The number of nitro groups is 1. The monoisotopic (exact) mass is 282 g/mol. The van der Waals surface area contributed by atoms with Gasteiger partial charge in [0.25, 0.3) is 5.69 Å². The van der Waals surface area contributed by atoms with E-state index in [1.807, 2.05) is 6.92 Å². The highest BCUT2D eigenvalue weighted by Gasteiger charge is 2.33. The average molecular weight is 282 g/mol. The Hall–Kier alpha value is -2.18. The van der Waals surface area contributed by atoms with E-state index in [0.717, 1.165) is 6.07 Å². The molecule has 1 aromatic rings. The maximum absolute atomic E-state index is 14.0. The number of halogens is 1. The van der Waals surface area contributed by atoms with Crippen LogP contribution in [0.1, 0.15) is 13.3 Å². The third kappa shape index (κ3) is 2.71. The Morgan fingerprint density at radius 3 is 2.80 bits per heavy atom. The van der Waals surface area contributed by atoms with E-state index >= 15 is 0 Å². The number of nitro benzene ring substituents is 1. The Balaban J connectivity index is 2.40. The van der Waals surface area contributed by atoms with Crippen LogP contribution >= 0.6 is 0 Å². The molecule has 0 amide bonds. The molecule has 6 nitrogen and oxygen atoms in total. The first-order valence-corrected chi connectivity index (χ1v) is 6.30. The molecular weight excluding hydrogens is 267 g/mol. The number of piperidine rings is 1. The fraction of sp³-hybridized carbons (Fsp3) is 0.462. The van der Waals surface area contributed by atoms with E-state index in [0.29, 0.717) is 13.0 Å². The van der Waals surface area contributed by atoms with Gasteiger partial charge in [-0.25, -0.2) is 4.39 Å². The molecule has 0 aromatic heterocycles. The molecular formula is C13H15FN2O4. The summed E-state index contributed by atoms with van der Waals surface area (Å²) >= 11 is 0. The Kier molecular flexibility index (Phi) is 3.87. The lowest BCUT2D eigenvalue weighted by molar-refractivity contribution is -0.384. The number of nitrogens with zero attached hydrogens (tertiary/aromatic N) is 2. The van der Waals surface area contributed by atoms with Gasteiger partial charge in [0, 0.05) is 19.2 Å². The number of hydrogen-bond acceptors (Lipinski definition) is 4. The van der Waals surface area contributed by atoms with Crippen LogP contribution in [0.5, 0.6) is 0 Å². The van der Waals surface area contributed by atoms with Crippen LogP contribution in [0, 0.1) is 27.8 Å². The minimum Gasteiger partial charge on any atom is -0.481 e. The molecule has 1 aromatic carbocycles. The third-order valence-corrected chi connectivity index (χ3v) is 3.49. The van der Waals surface area contributed by atoms with Crippen molar-refractivity contribution in [3.8, 4) is 0 Å². The van der Waals surface area contributed by atoms with E-state index in [2.05, 4.69) is 0 Å². The maximum Gasteiger partial charge on any atom is 0.308 e. The van der Waals surface area contributed by atoms with Crippen LogP contribution in [0.2, 0.25) is 0 Å². The van der Waals surface area contributed by atoms with Crippen molar-refractivity contribution in [3.63, 3.8) is 0 Å². The molecule has 7 heteroatoms. The van der Waals surface area contributed by atoms with Crippen molar-refractivity contribution in [1.29, 1.82) is 0 Å². The van der Waals surface area contributed by atoms with Crippen molar-refractivity contribution >= 4 is 17.3 Å². The molecule has 1 heterocycles. The van der Waals surface area contributed by atoms with Crippen LogP contribution in [0.25, 0.3) is 0 Å². The molecule has 1 fully saturated rings. The quantitative estimate of drug-likeness (QED) is 0.679. The average Bonchev–Trinajstić information content (AvgIpc) is 2.37. The number of carboxylic acids is 1. The third-order valence-electron chi connectivity index (χ3n) is 3.49. The van der Waals surface area contributed by atoms with E-state index in [-0.39, 0.29) is 23.8 Å². The van der Waals surface area contributed by atoms with E-state index in [4.69, 9.17) is 5.11 Å². The summed E-state index contributed by atoms with van der Waals surface area (Å²) in [6.45, 7) is 2.35. The van der Waals surface area contributed by atoms with Crippen LogP contribution in [0.15, 0.2) is 18.2 Å². The Morgan fingerprint density at radius 2 is 2.20 bits per heavy atom. The fourth-order valence-corrected chi connectivity index (χ4v) is 2.68. The highest BCUT2D eigenvalue weighted by molar-refractivity contribution is 5.72. The maximum atomic E-state index is 14.0. The second kappa shape index (κ2) is 5.44. The number of carboxylic acid groups (broad SMARTS) is 1. The minimum absolute atomic E-state index is 0.0315. The molecule has 1 saturated heterocycles.